The Balaban J connectivity index is 2.80. The molecule has 0 saturated heterocycles. The second-order valence-corrected chi connectivity index (χ2v) is 5.18. The minimum absolute atomic E-state index is 0.0129. The lowest BCUT2D eigenvalue weighted by molar-refractivity contribution is -0.153. The highest BCUT2D eigenvalue weighted by atomic mass is 16.4. The third kappa shape index (κ3) is 3.45. The third-order valence-electron chi connectivity index (χ3n) is 3.65. The average molecular weight is 257 g/mol. The highest BCUT2D eigenvalue weighted by Crippen LogP contribution is 2.32. The van der Waals surface area contributed by atoms with Gasteiger partial charge in [-0.15, -0.1) is 0 Å². The Labute approximate surface area is 108 Å². The SMILES string of the molecule is CC(C)N(CCO)C(=O)C1CCCCC1C(=O)O. The lowest BCUT2D eigenvalue weighted by Gasteiger charge is -2.34. The molecule has 2 unspecified atom stereocenters. The second-order valence-electron chi connectivity index (χ2n) is 5.18. The first-order valence-corrected chi connectivity index (χ1v) is 6.63. The Kier molecular flexibility index (Phi) is 5.59. The molecule has 0 aliphatic heterocycles. The van der Waals surface area contributed by atoms with Crippen LogP contribution in [0.2, 0.25) is 0 Å². The van der Waals surface area contributed by atoms with E-state index in [0.717, 1.165) is 12.8 Å². The number of aliphatic hydroxyl groups is 1. The maximum Gasteiger partial charge on any atom is 0.307 e. The second kappa shape index (κ2) is 6.73. The van der Waals surface area contributed by atoms with Crippen molar-refractivity contribution in [2.45, 2.75) is 45.6 Å². The molecule has 5 nitrogen and oxygen atoms in total. The zero-order valence-electron chi connectivity index (χ0n) is 11.1. The molecular weight excluding hydrogens is 234 g/mol. The Hall–Kier alpha value is -1.10. The highest BCUT2D eigenvalue weighted by molar-refractivity contribution is 5.85. The zero-order valence-corrected chi connectivity index (χ0v) is 11.1. The fourth-order valence-corrected chi connectivity index (χ4v) is 2.67. The van der Waals surface area contributed by atoms with E-state index in [1.165, 1.54) is 0 Å². The van der Waals surface area contributed by atoms with Crippen LogP contribution in [0.3, 0.4) is 0 Å². The first-order chi connectivity index (χ1) is 8.49. The Morgan fingerprint density at radius 3 is 2.22 bits per heavy atom. The molecular formula is C13H23NO4. The molecule has 0 aromatic heterocycles. The largest absolute Gasteiger partial charge is 0.481 e. The monoisotopic (exact) mass is 257 g/mol. The molecule has 0 aromatic rings. The third-order valence-corrected chi connectivity index (χ3v) is 3.65. The van der Waals surface area contributed by atoms with Crippen molar-refractivity contribution in [1.82, 2.24) is 4.90 Å². The standard InChI is InChI=1S/C13H23NO4/c1-9(2)14(7-8-15)12(16)10-5-3-4-6-11(10)13(17)18/h9-11,15H,3-8H2,1-2H3,(H,17,18). The van der Waals surface area contributed by atoms with Gasteiger partial charge in [0.25, 0.3) is 0 Å². The van der Waals surface area contributed by atoms with Crippen LogP contribution in [0.1, 0.15) is 39.5 Å². The van der Waals surface area contributed by atoms with Crippen LogP contribution < -0.4 is 0 Å². The summed E-state index contributed by atoms with van der Waals surface area (Å²) in [5.74, 6) is -1.98. The summed E-state index contributed by atoms with van der Waals surface area (Å²) in [4.78, 5) is 25.2. The van der Waals surface area contributed by atoms with Gasteiger partial charge in [0, 0.05) is 12.6 Å². The summed E-state index contributed by atoms with van der Waals surface area (Å²) in [5.41, 5.74) is 0. The number of aliphatic carboxylic acids is 1. The topological polar surface area (TPSA) is 77.8 Å². The molecule has 5 heteroatoms. The van der Waals surface area contributed by atoms with Gasteiger partial charge in [-0.1, -0.05) is 12.8 Å². The molecule has 1 amide bonds. The molecule has 1 fully saturated rings. The highest BCUT2D eigenvalue weighted by Gasteiger charge is 2.38. The zero-order chi connectivity index (χ0) is 13.7. The van der Waals surface area contributed by atoms with Gasteiger partial charge in [-0.25, -0.2) is 0 Å². The van der Waals surface area contributed by atoms with E-state index in [4.69, 9.17) is 5.11 Å². The van der Waals surface area contributed by atoms with Crippen LogP contribution in [0.15, 0.2) is 0 Å². The number of hydrogen-bond acceptors (Lipinski definition) is 3. The predicted octanol–water partition coefficient (Wildman–Crippen LogP) is 1.11. The van der Waals surface area contributed by atoms with E-state index >= 15 is 0 Å². The number of hydrogen-bond donors (Lipinski definition) is 2. The van der Waals surface area contributed by atoms with E-state index in [-0.39, 0.29) is 25.1 Å². The summed E-state index contributed by atoms with van der Waals surface area (Å²) in [6.45, 7) is 3.95. The van der Waals surface area contributed by atoms with Crippen LogP contribution in [0, 0.1) is 11.8 Å². The Bertz CT molecular complexity index is 303. The number of carbonyl (C=O) groups is 2. The maximum absolute atomic E-state index is 12.4. The smallest absolute Gasteiger partial charge is 0.307 e. The fourth-order valence-electron chi connectivity index (χ4n) is 2.67. The van der Waals surface area contributed by atoms with Crippen LogP contribution in [0.4, 0.5) is 0 Å². The summed E-state index contributed by atoms with van der Waals surface area (Å²) >= 11 is 0. The number of rotatable bonds is 5. The maximum atomic E-state index is 12.4. The number of aliphatic hydroxyl groups excluding tert-OH is 1. The van der Waals surface area contributed by atoms with Crippen LogP contribution in [-0.4, -0.2) is 46.2 Å². The Morgan fingerprint density at radius 1 is 1.22 bits per heavy atom. The van der Waals surface area contributed by atoms with Crippen molar-refractivity contribution in [2.24, 2.45) is 11.8 Å². The lowest BCUT2D eigenvalue weighted by Crippen LogP contribution is -2.46. The van der Waals surface area contributed by atoms with E-state index in [0.29, 0.717) is 12.8 Å². The molecule has 1 saturated carbocycles. The molecule has 1 aliphatic rings. The van der Waals surface area contributed by atoms with Crippen LogP contribution >= 0.6 is 0 Å². The summed E-state index contributed by atoms with van der Waals surface area (Å²) in [6, 6.07) is -0.0129. The van der Waals surface area contributed by atoms with Crippen molar-refractivity contribution < 1.29 is 19.8 Å². The van der Waals surface area contributed by atoms with Crippen molar-refractivity contribution in [2.75, 3.05) is 13.2 Å². The summed E-state index contributed by atoms with van der Waals surface area (Å²) < 4.78 is 0. The molecule has 18 heavy (non-hydrogen) atoms. The average Bonchev–Trinajstić information content (AvgIpc) is 2.34. The van der Waals surface area contributed by atoms with Gasteiger partial charge in [0.1, 0.15) is 0 Å². The first kappa shape index (κ1) is 15.0. The van der Waals surface area contributed by atoms with Gasteiger partial charge < -0.3 is 15.1 Å². The van der Waals surface area contributed by atoms with Crippen molar-refractivity contribution in [3.63, 3.8) is 0 Å². The van der Waals surface area contributed by atoms with Crippen molar-refractivity contribution in [3.05, 3.63) is 0 Å². The molecule has 1 rings (SSSR count). The summed E-state index contributed by atoms with van der Waals surface area (Å²) in [6.07, 6.45) is 3.01. The van der Waals surface area contributed by atoms with E-state index in [1.54, 1.807) is 4.90 Å². The van der Waals surface area contributed by atoms with E-state index in [2.05, 4.69) is 0 Å². The van der Waals surface area contributed by atoms with Crippen molar-refractivity contribution >= 4 is 11.9 Å². The van der Waals surface area contributed by atoms with Gasteiger partial charge in [-0.05, 0) is 26.7 Å². The molecule has 0 radical (unpaired) electrons. The minimum Gasteiger partial charge on any atom is -0.481 e. The first-order valence-electron chi connectivity index (χ1n) is 6.63. The molecule has 2 N–H and O–H groups in total. The Morgan fingerprint density at radius 2 is 1.78 bits per heavy atom. The van der Waals surface area contributed by atoms with Gasteiger partial charge in [0.05, 0.1) is 18.4 Å². The van der Waals surface area contributed by atoms with E-state index in [1.807, 2.05) is 13.8 Å². The van der Waals surface area contributed by atoms with Gasteiger partial charge >= 0.3 is 5.97 Å². The summed E-state index contributed by atoms with van der Waals surface area (Å²) in [7, 11) is 0. The number of carboxylic acids is 1. The van der Waals surface area contributed by atoms with Crippen LogP contribution in [-0.2, 0) is 9.59 Å². The van der Waals surface area contributed by atoms with Gasteiger partial charge in [-0.2, -0.15) is 0 Å². The van der Waals surface area contributed by atoms with Gasteiger partial charge in [-0.3, -0.25) is 9.59 Å². The van der Waals surface area contributed by atoms with Crippen molar-refractivity contribution in [1.29, 1.82) is 0 Å². The number of amides is 1. The number of nitrogens with zero attached hydrogens (tertiary/aromatic N) is 1. The molecule has 0 spiro atoms. The summed E-state index contributed by atoms with van der Waals surface area (Å²) in [5, 5.41) is 18.2. The quantitative estimate of drug-likeness (QED) is 0.773. The van der Waals surface area contributed by atoms with E-state index in [9.17, 15) is 14.7 Å². The van der Waals surface area contributed by atoms with Gasteiger partial charge in [0.15, 0.2) is 0 Å². The molecule has 1 aliphatic carbocycles. The molecule has 0 heterocycles. The normalized spacial score (nSPS) is 24.0. The van der Waals surface area contributed by atoms with Crippen molar-refractivity contribution in [3.8, 4) is 0 Å². The van der Waals surface area contributed by atoms with Crippen LogP contribution in [0.5, 0.6) is 0 Å². The molecule has 2 atom stereocenters. The number of carbonyl (C=O) groups excluding carboxylic acids is 1. The fraction of sp³-hybridized carbons (Fsp3) is 0.846. The minimum atomic E-state index is -0.874. The predicted molar refractivity (Wildman–Crippen MR) is 67.0 cm³/mol. The molecule has 104 valence electrons. The lowest BCUT2D eigenvalue weighted by atomic mass is 9.78. The van der Waals surface area contributed by atoms with Crippen LogP contribution in [0.25, 0.3) is 0 Å². The molecule has 0 bridgehead atoms. The van der Waals surface area contributed by atoms with Gasteiger partial charge in [0.2, 0.25) is 5.91 Å². The van der Waals surface area contributed by atoms with E-state index < -0.39 is 17.8 Å². The molecule has 0 aromatic carbocycles. The number of carboxylic acid groups (broad SMARTS) is 1.